The molecule has 1 aliphatic heterocycles. The van der Waals surface area contributed by atoms with E-state index in [2.05, 4.69) is 10.6 Å². The molecule has 4 nitrogen and oxygen atoms in total. The maximum Gasteiger partial charge on any atom is 0.255 e. The largest absolute Gasteiger partial charge is 0.326 e. The van der Waals surface area contributed by atoms with E-state index in [0.717, 1.165) is 11.6 Å². The van der Waals surface area contributed by atoms with E-state index in [1.807, 2.05) is 0 Å². The third-order valence-electron chi connectivity index (χ3n) is 3.44. The van der Waals surface area contributed by atoms with E-state index in [1.54, 1.807) is 18.2 Å². The zero-order valence-corrected chi connectivity index (χ0v) is 12.2. The fourth-order valence-corrected chi connectivity index (χ4v) is 2.47. The highest BCUT2D eigenvalue weighted by molar-refractivity contribution is 6.30. The number of carbonyl (C=O) groups is 2. The van der Waals surface area contributed by atoms with Crippen LogP contribution in [0.15, 0.2) is 36.4 Å². The molecule has 2 amide bonds. The fourth-order valence-electron chi connectivity index (χ4n) is 2.31. The molecule has 2 N–H and O–H groups in total. The van der Waals surface area contributed by atoms with Crippen LogP contribution < -0.4 is 10.6 Å². The summed E-state index contributed by atoms with van der Waals surface area (Å²) in [5.41, 5.74) is 2.08. The summed E-state index contributed by atoms with van der Waals surface area (Å²) >= 11 is 5.67. The van der Waals surface area contributed by atoms with Crippen LogP contribution in [0.25, 0.3) is 0 Å². The van der Waals surface area contributed by atoms with Gasteiger partial charge < -0.3 is 10.6 Å². The Morgan fingerprint density at radius 3 is 2.77 bits per heavy atom. The summed E-state index contributed by atoms with van der Waals surface area (Å²) in [5, 5.41) is 5.52. The number of hydrogen-bond donors (Lipinski definition) is 2. The van der Waals surface area contributed by atoms with Gasteiger partial charge in [0.2, 0.25) is 5.91 Å². The first-order valence-corrected chi connectivity index (χ1v) is 7.10. The fraction of sp³-hybridized carbons (Fsp3) is 0.125. The number of carbonyl (C=O) groups excluding carboxylic acids is 2. The molecule has 0 atom stereocenters. The van der Waals surface area contributed by atoms with Crippen molar-refractivity contribution in [3.63, 3.8) is 0 Å². The Morgan fingerprint density at radius 1 is 1.18 bits per heavy atom. The van der Waals surface area contributed by atoms with Gasteiger partial charge >= 0.3 is 0 Å². The Labute approximate surface area is 131 Å². The zero-order valence-electron chi connectivity index (χ0n) is 11.5. The maximum absolute atomic E-state index is 13.7. The molecular formula is C16H12ClFN2O2. The molecule has 0 radical (unpaired) electrons. The lowest BCUT2D eigenvalue weighted by Gasteiger charge is -2.17. The lowest BCUT2D eigenvalue weighted by atomic mass is 10.00. The van der Waals surface area contributed by atoms with Crippen LogP contribution in [0.2, 0.25) is 5.02 Å². The minimum atomic E-state index is -0.592. The molecule has 112 valence electrons. The smallest absolute Gasteiger partial charge is 0.255 e. The monoisotopic (exact) mass is 318 g/mol. The Balaban J connectivity index is 1.82. The van der Waals surface area contributed by atoms with E-state index < -0.39 is 11.7 Å². The highest BCUT2D eigenvalue weighted by atomic mass is 35.5. The SMILES string of the molecule is O=C1CCc2cc(C(=O)Nc3ccc(Cl)cc3F)ccc2N1. The lowest BCUT2D eigenvalue weighted by Crippen LogP contribution is -2.20. The summed E-state index contributed by atoms with van der Waals surface area (Å²) in [6.45, 7) is 0. The molecule has 0 aliphatic carbocycles. The predicted molar refractivity (Wildman–Crippen MR) is 82.8 cm³/mol. The van der Waals surface area contributed by atoms with E-state index in [0.29, 0.717) is 24.1 Å². The first kappa shape index (κ1) is 14.5. The van der Waals surface area contributed by atoms with E-state index in [9.17, 15) is 14.0 Å². The number of halogens is 2. The summed E-state index contributed by atoms with van der Waals surface area (Å²) in [7, 11) is 0. The number of rotatable bonds is 2. The number of aryl methyl sites for hydroxylation is 1. The molecule has 0 saturated carbocycles. The number of hydrogen-bond acceptors (Lipinski definition) is 2. The van der Waals surface area contributed by atoms with Crippen molar-refractivity contribution in [2.45, 2.75) is 12.8 Å². The van der Waals surface area contributed by atoms with E-state index in [-0.39, 0.29) is 16.6 Å². The highest BCUT2D eigenvalue weighted by Crippen LogP contribution is 2.25. The van der Waals surface area contributed by atoms with Crippen LogP contribution in [0, 0.1) is 5.82 Å². The quantitative estimate of drug-likeness (QED) is 0.888. The van der Waals surface area contributed by atoms with Crippen LogP contribution >= 0.6 is 11.6 Å². The van der Waals surface area contributed by atoms with E-state index in [4.69, 9.17) is 11.6 Å². The average molecular weight is 319 g/mol. The predicted octanol–water partition coefficient (Wildman–Crippen LogP) is 3.62. The van der Waals surface area contributed by atoms with Gasteiger partial charge in [-0.1, -0.05) is 11.6 Å². The van der Waals surface area contributed by atoms with Crippen LogP contribution in [0.4, 0.5) is 15.8 Å². The van der Waals surface area contributed by atoms with Gasteiger partial charge in [-0.15, -0.1) is 0 Å². The molecule has 0 bridgehead atoms. The second-order valence-electron chi connectivity index (χ2n) is 5.00. The Bertz CT molecular complexity index is 777. The second kappa shape index (κ2) is 5.77. The van der Waals surface area contributed by atoms with Crippen molar-refractivity contribution < 1.29 is 14.0 Å². The summed E-state index contributed by atoms with van der Waals surface area (Å²) in [6, 6.07) is 9.03. The van der Waals surface area contributed by atoms with Gasteiger partial charge in [-0.3, -0.25) is 9.59 Å². The molecular weight excluding hydrogens is 307 g/mol. The summed E-state index contributed by atoms with van der Waals surface area (Å²) in [5.74, 6) is -1.04. The summed E-state index contributed by atoms with van der Waals surface area (Å²) in [4.78, 5) is 23.5. The second-order valence-corrected chi connectivity index (χ2v) is 5.43. The van der Waals surface area contributed by atoms with Crippen molar-refractivity contribution >= 4 is 34.8 Å². The molecule has 6 heteroatoms. The van der Waals surface area contributed by atoms with Gasteiger partial charge in [0.15, 0.2) is 0 Å². The van der Waals surface area contributed by atoms with Gasteiger partial charge in [0, 0.05) is 22.7 Å². The van der Waals surface area contributed by atoms with Gasteiger partial charge in [0.25, 0.3) is 5.91 Å². The summed E-state index contributed by atoms with van der Waals surface area (Å²) in [6.07, 6.45) is 0.974. The van der Waals surface area contributed by atoms with Crippen molar-refractivity contribution in [3.8, 4) is 0 Å². The van der Waals surface area contributed by atoms with Crippen molar-refractivity contribution in [3.05, 3.63) is 58.4 Å². The Morgan fingerprint density at radius 2 is 2.00 bits per heavy atom. The van der Waals surface area contributed by atoms with Crippen LogP contribution in [0.3, 0.4) is 0 Å². The molecule has 0 aromatic heterocycles. The minimum Gasteiger partial charge on any atom is -0.326 e. The number of nitrogens with one attached hydrogen (secondary N) is 2. The van der Waals surface area contributed by atoms with Crippen molar-refractivity contribution in [1.82, 2.24) is 0 Å². The standard InChI is InChI=1S/C16H12ClFN2O2/c17-11-3-5-14(12(18)8-11)20-16(22)10-1-4-13-9(7-10)2-6-15(21)19-13/h1,3-5,7-8H,2,6H2,(H,19,21)(H,20,22). The van der Waals surface area contributed by atoms with Gasteiger partial charge in [-0.2, -0.15) is 0 Å². The normalized spacial score (nSPS) is 13.3. The Kier molecular flexibility index (Phi) is 3.81. The molecule has 22 heavy (non-hydrogen) atoms. The van der Waals surface area contributed by atoms with E-state index in [1.165, 1.54) is 12.1 Å². The van der Waals surface area contributed by atoms with Crippen molar-refractivity contribution in [2.24, 2.45) is 0 Å². The van der Waals surface area contributed by atoms with Gasteiger partial charge in [0.1, 0.15) is 5.82 Å². The highest BCUT2D eigenvalue weighted by Gasteiger charge is 2.17. The van der Waals surface area contributed by atoms with Crippen LogP contribution in [-0.4, -0.2) is 11.8 Å². The lowest BCUT2D eigenvalue weighted by molar-refractivity contribution is -0.116. The first-order valence-electron chi connectivity index (χ1n) is 6.72. The molecule has 1 aliphatic rings. The van der Waals surface area contributed by atoms with Crippen molar-refractivity contribution in [2.75, 3.05) is 10.6 Å². The van der Waals surface area contributed by atoms with Crippen LogP contribution in [0.1, 0.15) is 22.3 Å². The third-order valence-corrected chi connectivity index (χ3v) is 3.68. The molecule has 0 spiro atoms. The molecule has 3 rings (SSSR count). The van der Waals surface area contributed by atoms with Gasteiger partial charge in [-0.25, -0.2) is 4.39 Å². The molecule has 0 fully saturated rings. The maximum atomic E-state index is 13.7. The van der Waals surface area contributed by atoms with Crippen molar-refractivity contribution in [1.29, 1.82) is 0 Å². The molecule has 0 saturated heterocycles. The molecule has 2 aromatic carbocycles. The number of anilines is 2. The molecule has 1 heterocycles. The minimum absolute atomic E-state index is 0.0343. The molecule has 0 unspecified atom stereocenters. The first-order chi connectivity index (χ1) is 10.5. The third kappa shape index (κ3) is 2.94. The summed E-state index contributed by atoms with van der Waals surface area (Å²) < 4.78 is 13.7. The Hall–Kier alpha value is -2.40. The number of benzene rings is 2. The van der Waals surface area contributed by atoms with Gasteiger partial charge in [-0.05, 0) is 48.4 Å². The van der Waals surface area contributed by atoms with E-state index >= 15 is 0 Å². The topological polar surface area (TPSA) is 58.2 Å². The molecule has 2 aromatic rings. The average Bonchev–Trinajstić information content (AvgIpc) is 2.49. The zero-order chi connectivity index (χ0) is 15.7. The van der Waals surface area contributed by atoms with Gasteiger partial charge in [0.05, 0.1) is 5.69 Å². The van der Waals surface area contributed by atoms with Crippen LogP contribution in [0.5, 0.6) is 0 Å². The number of amides is 2. The van der Waals surface area contributed by atoms with Crippen LogP contribution in [-0.2, 0) is 11.2 Å². The number of fused-ring (bicyclic) bond motifs is 1.